The third-order valence-corrected chi connectivity index (χ3v) is 5.29. The summed E-state index contributed by atoms with van der Waals surface area (Å²) >= 11 is 1.89. The van der Waals surface area contributed by atoms with Crippen molar-refractivity contribution in [1.82, 2.24) is 10.3 Å². The minimum atomic E-state index is 0.701. The Balaban J connectivity index is 1.65. The van der Waals surface area contributed by atoms with Crippen LogP contribution in [0.25, 0.3) is 0 Å². The zero-order valence-corrected chi connectivity index (χ0v) is 13.6. The highest BCUT2D eigenvalue weighted by Crippen LogP contribution is 2.32. The highest BCUT2D eigenvalue weighted by Gasteiger charge is 2.26. The summed E-state index contributed by atoms with van der Waals surface area (Å²) in [4.78, 5) is 8.69. The van der Waals surface area contributed by atoms with Crippen molar-refractivity contribution >= 4 is 16.5 Å². The molecule has 0 spiro atoms. The quantitative estimate of drug-likeness (QED) is 0.829. The number of rotatable bonds is 7. The molecule has 0 radical (unpaired) electrons. The molecule has 0 amide bonds. The highest BCUT2D eigenvalue weighted by molar-refractivity contribution is 7.15. The van der Waals surface area contributed by atoms with Crippen LogP contribution in [0.15, 0.2) is 6.20 Å². The van der Waals surface area contributed by atoms with E-state index in [1.54, 1.807) is 0 Å². The summed E-state index contributed by atoms with van der Waals surface area (Å²) in [6.45, 7) is 6.77. The van der Waals surface area contributed by atoms with Crippen molar-refractivity contribution < 1.29 is 0 Å². The minimum Gasteiger partial charge on any atom is -0.345 e. The first-order chi connectivity index (χ1) is 9.72. The Morgan fingerprint density at radius 2 is 2.05 bits per heavy atom. The molecule has 2 fully saturated rings. The van der Waals surface area contributed by atoms with Crippen molar-refractivity contribution in [3.05, 3.63) is 11.1 Å². The summed E-state index contributed by atoms with van der Waals surface area (Å²) in [5.41, 5.74) is 0. The van der Waals surface area contributed by atoms with Gasteiger partial charge in [-0.15, -0.1) is 11.3 Å². The fourth-order valence-electron chi connectivity index (χ4n) is 3.04. The van der Waals surface area contributed by atoms with Gasteiger partial charge in [0.1, 0.15) is 0 Å². The van der Waals surface area contributed by atoms with E-state index in [4.69, 9.17) is 4.98 Å². The molecule has 112 valence electrons. The number of thiazole rings is 1. The van der Waals surface area contributed by atoms with Gasteiger partial charge in [-0.3, -0.25) is 0 Å². The summed E-state index contributed by atoms with van der Waals surface area (Å²) < 4.78 is 0. The van der Waals surface area contributed by atoms with Crippen molar-refractivity contribution in [2.24, 2.45) is 5.92 Å². The summed E-state index contributed by atoms with van der Waals surface area (Å²) in [7, 11) is 0. The molecule has 2 aliphatic carbocycles. The normalized spacial score (nSPS) is 19.9. The lowest BCUT2D eigenvalue weighted by molar-refractivity contribution is 0.535. The molecule has 2 aliphatic rings. The lowest BCUT2D eigenvalue weighted by atomic mass is 10.1. The molecule has 20 heavy (non-hydrogen) atoms. The van der Waals surface area contributed by atoms with Gasteiger partial charge < -0.3 is 10.2 Å². The Kier molecular flexibility index (Phi) is 4.61. The average molecular weight is 293 g/mol. The molecular weight excluding hydrogens is 266 g/mol. The Morgan fingerprint density at radius 1 is 1.30 bits per heavy atom. The third-order valence-electron chi connectivity index (χ3n) is 4.26. The second kappa shape index (κ2) is 6.44. The summed E-state index contributed by atoms with van der Waals surface area (Å²) in [6, 6.07) is 1.51. The second-order valence-electron chi connectivity index (χ2n) is 6.75. The largest absolute Gasteiger partial charge is 0.345 e. The lowest BCUT2D eigenvalue weighted by Gasteiger charge is -2.30. The number of hydrogen-bond donors (Lipinski definition) is 1. The molecule has 1 aromatic heterocycles. The van der Waals surface area contributed by atoms with Gasteiger partial charge in [0.15, 0.2) is 5.13 Å². The van der Waals surface area contributed by atoms with Gasteiger partial charge in [0, 0.05) is 36.2 Å². The van der Waals surface area contributed by atoms with Crippen LogP contribution < -0.4 is 10.2 Å². The first-order valence-corrected chi connectivity index (χ1v) is 8.98. The monoisotopic (exact) mass is 293 g/mol. The molecule has 0 bridgehead atoms. The highest BCUT2D eigenvalue weighted by atomic mass is 32.1. The van der Waals surface area contributed by atoms with Gasteiger partial charge in [-0.05, 0) is 31.6 Å². The van der Waals surface area contributed by atoms with Crippen LogP contribution >= 0.6 is 11.3 Å². The molecule has 1 aromatic rings. The number of nitrogens with one attached hydrogen (secondary N) is 1. The number of aromatic nitrogens is 1. The number of hydrogen-bond acceptors (Lipinski definition) is 4. The maximum Gasteiger partial charge on any atom is 0.185 e. The van der Waals surface area contributed by atoms with Gasteiger partial charge >= 0.3 is 0 Å². The van der Waals surface area contributed by atoms with E-state index in [0.717, 1.165) is 25.2 Å². The first kappa shape index (κ1) is 14.3. The maximum atomic E-state index is 4.72. The zero-order valence-electron chi connectivity index (χ0n) is 12.8. The zero-order chi connectivity index (χ0) is 13.9. The number of anilines is 1. The Morgan fingerprint density at radius 3 is 2.70 bits per heavy atom. The van der Waals surface area contributed by atoms with Gasteiger partial charge in [-0.25, -0.2) is 4.98 Å². The van der Waals surface area contributed by atoms with Gasteiger partial charge in [-0.1, -0.05) is 26.7 Å². The van der Waals surface area contributed by atoms with Gasteiger partial charge in [0.2, 0.25) is 0 Å². The maximum absolute atomic E-state index is 4.72. The molecular formula is C16H27N3S. The van der Waals surface area contributed by atoms with Crippen LogP contribution in [0, 0.1) is 5.92 Å². The Hall–Kier alpha value is -0.610. The van der Waals surface area contributed by atoms with E-state index in [-0.39, 0.29) is 0 Å². The molecule has 2 saturated carbocycles. The van der Waals surface area contributed by atoms with Gasteiger partial charge in [-0.2, -0.15) is 0 Å². The van der Waals surface area contributed by atoms with E-state index in [1.165, 1.54) is 48.5 Å². The fraction of sp³-hybridized carbons (Fsp3) is 0.812. The molecule has 4 heteroatoms. The van der Waals surface area contributed by atoms with Crippen LogP contribution in [-0.2, 0) is 6.54 Å². The molecule has 3 nitrogen and oxygen atoms in total. The smallest absolute Gasteiger partial charge is 0.185 e. The van der Waals surface area contributed by atoms with E-state index < -0.39 is 0 Å². The SMILES string of the molecule is CC(C)CN(c1ncc(CNC2CC2)s1)C1CCCC1. The molecule has 0 saturated heterocycles. The van der Waals surface area contributed by atoms with Crippen molar-refractivity contribution in [2.75, 3.05) is 11.4 Å². The summed E-state index contributed by atoms with van der Waals surface area (Å²) in [6.07, 6.45) is 10.3. The number of nitrogens with zero attached hydrogens (tertiary/aromatic N) is 2. The molecule has 0 atom stereocenters. The predicted molar refractivity (Wildman–Crippen MR) is 86.4 cm³/mol. The van der Waals surface area contributed by atoms with Crippen molar-refractivity contribution in [3.8, 4) is 0 Å². The van der Waals surface area contributed by atoms with Crippen molar-refractivity contribution in [1.29, 1.82) is 0 Å². The van der Waals surface area contributed by atoms with E-state index in [1.807, 2.05) is 11.3 Å². The van der Waals surface area contributed by atoms with Gasteiger partial charge in [0.25, 0.3) is 0 Å². The molecule has 1 heterocycles. The van der Waals surface area contributed by atoms with Crippen LogP contribution in [0.4, 0.5) is 5.13 Å². The fourth-order valence-corrected chi connectivity index (χ4v) is 3.98. The standard InChI is InChI=1S/C16H27N3S/c1-12(2)11-19(14-5-3-4-6-14)16-18-10-15(20-16)9-17-13-7-8-13/h10,12-14,17H,3-9,11H2,1-2H3. The summed E-state index contributed by atoms with van der Waals surface area (Å²) in [5, 5.41) is 4.84. The van der Waals surface area contributed by atoms with Crippen LogP contribution in [0.3, 0.4) is 0 Å². The van der Waals surface area contributed by atoms with Crippen LogP contribution in [-0.4, -0.2) is 23.6 Å². The molecule has 0 unspecified atom stereocenters. The topological polar surface area (TPSA) is 28.2 Å². The van der Waals surface area contributed by atoms with E-state index in [2.05, 4.69) is 30.3 Å². The Bertz CT molecular complexity index is 419. The van der Waals surface area contributed by atoms with Crippen molar-refractivity contribution in [2.45, 2.75) is 71.0 Å². The van der Waals surface area contributed by atoms with Crippen LogP contribution in [0.2, 0.25) is 0 Å². The Labute approximate surface area is 126 Å². The van der Waals surface area contributed by atoms with Crippen LogP contribution in [0.5, 0.6) is 0 Å². The van der Waals surface area contributed by atoms with Crippen LogP contribution in [0.1, 0.15) is 57.2 Å². The lowest BCUT2D eigenvalue weighted by Crippen LogP contribution is -2.36. The summed E-state index contributed by atoms with van der Waals surface area (Å²) in [5.74, 6) is 0.701. The molecule has 1 N–H and O–H groups in total. The minimum absolute atomic E-state index is 0.701. The van der Waals surface area contributed by atoms with Gasteiger partial charge in [0.05, 0.1) is 0 Å². The van der Waals surface area contributed by atoms with Crippen molar-refractivity contribution in [3.63, 3.8) is 0 Å². The molecule has 3 rings (SSSR count). The van der Waals surface area contributed by atoms with E-state index >= 15 is 0 Å². The molecule has 0 aromatic carbocycles. The third kappa shape index (κ3) is 3.73. The predicted octanol–water partition coefficient (Wildman–Crippen LogP) is 3.80. The second-order valence-corrected chi connectivity index (χ2v) is 7.84. The molecule has 0 aliphatic heterocycles. The van der Waals surface area contributed by atoms with E-state index in [9.17, 15) is 0 Å². The van der Waals surface area contributed by atoms with E-state index in [0.29, 0.717) is 5.92 Å². The first-order valence-electron chi connectivity index (χ1n) is 8.17. The average Bonchev–Trinajstić information content (AvgIpc) is 2.93.